The molecule has 0 aliphatic heterocycles. The maximum Gasteiger partial charge on any atom is 0.330 e. The van der Waals surface area contributed by atoms with Crippen LogP contribution in [0.25, 0.3) is 11.2 Å². The summed E-state index contributed by atoms with van der Waals surface area (Å²) in [4.78, 5) is 31.7. The van der Waals surface area contributed by atoms with Gasteiger partial charge >= 0.3 is 5.69 Å². The van der Waals surface area contributed by atoms with E-state index in [2.05, 4.69) is 52.3 Å². The summed E-state index contributed by atoms with van der Waals surface area (Å²) < 4.78 is 4.09. The molecule has 1 aromatic carbocycles. The van der Waals surface area contributed by atoms with E-state index in [0.717, 1.165) is 28.0 Å². The number of aromatic nitrogens is 6. The monoisotopic (exact) mass is 471 g/mol. The lowest BCUT2D eigenvalue weighted by molar-refractivity contribution is 0.613. The fraction of sp³-hybridized carbons (Fsp3) is 0.381. The summed E-state index contributed by atoms with van der Waals surface area (Å²) in [7, 11) is 1.79. The van der Waals surface area contributed by atoms with Gasteiger partial charge in [0.05, 0.1) is 5.75 Å². The molecule has 0 amide bonds. The van der Waals surface area contributed by atoms with Gasteiger partial charge in [-0.1, -0.05) is 48.6 Å². The molecule has 0 fully saturated rings. The van der Waals surface area contributed by atoms with Crippen molar-refractivity contribution in [2.24, 2.45) is 7.05 Å². The number of rotatable bonds is 8. The Morgan fingerprint density at radius 1 is 1.22 bits per heavy atom. The third-order valence-electron chi connectivity index (χ3n) is 5.42. The van der Waals surface area contributed by atoms with Crippen LogP contribution in [-0.2, 0) is 19.3 Å². The van der Waals surface area contributed by atoms with E-state index in [4.69, 9.17) is 0 Å². The van der Waals surface area contributed by atoms with E-state index < -0.39 is 11.2 Å². The predicted molar refractivity (Wildman–Crippen MR) is 129 cm³/mol. The quantitative estimate of drug-likeness (QED) is 0.377. The lowest BCUT2D eigenvalue weighted by Gasteiger charge is -2.08. The van der Waals surface area contributed by atoms with Gasteiger partial charge in [-0.05, 0) is 37.5 Å². The highest BCUT2D eigenvalue weighted by atomic mass is 32.2. The van der Waals surface area contributed by atoms with E-state index in [9.17, 15) is 9.59 Å². The van der Waals surface area contributed by atoms with Crippen LogP contribution in [0, 0.1) is 13.8 Å². The zero-order valence-electron chi connectivity index (χ0n) is 18.4. The number of aryl methyl sites for hydroxylation is 3. The van der Waals surface area contributed by atoms with E-state index in [1.54, 1.807) is 16.2 Å². The number of aromatic amines is 1. The number of nitrogens with one attached hydrogen (secondary N) is 2. The number of thioether (sulfide) groups is 1. The largest absolute Gasteiger partial charge is 0.330 e. The number of hydrogen-bond acceptors (Lipinski definition) is 8. The molecule has 0 aliphatic carbocycles. The number of hydrogen-bond donors (Lipinski definition) is 2. The average Bonchev–Trinajstić information content (AvgIpc) is 3.34. The summed E-state index contributed by atoms with van der Waals surface area (Å²) >= 11 is 2.96. The summed E-state index contributed by atoms with van der Waals surface area (Å²) in [6.07, 6.45) is 1.78. The van der Waals surface area contributed by atoms with Crippen molar-refractivity contribution in [1.29, 1.82) is 0 Å². The first kappa shape index (κ1) is 22.3. The number of anilines is 2. The highest BCUT2D eigenvalue weighted by Crippen LogP contribution is 2.31. The molecule has 9 nitrogen and oxygen atoms in total. The van der Waals surface area contributed by atoms with Crippen LogP contribution >= 0.6 is 23.1 Å². The zero-order chi connectivity index (χ0) is 22.8. The minimum absolute atomic E-state index is 0.408. The van der Waals surface area contributed by atoms with E-state index in [-0.39, 0.29) is 0 Å². The molecule has 2 N–H and O–H groups in total. The molecule has 0 spiro atoms. The molecule has 4 rings (SSSR count). The van der Waals surface area contributed by atoms with Gasteiger partial charge in [0.15, 0.2) is 15.5 Å². The Balaban J connectivity index is 1.54. The minimum Gasteiger partial charge on any atom is -0.330 e. The maximum absolute atomic E-state index is 12.4. The van der Waals surface area contributed by atoms with Gasteiger partial charge in [-0.15, -0.1) is 10.2 Å². The van der Waals surface area contributed by atoms with Crippen LogP contribution < -0.4 is 16.6 Å². The highest BCUT2D eigenvalue weighted by molar-refractivity contribution is 8.00. The highest BCUT2D eigenvalue weighted by Gasteiger charge is 2.17. The van der Waals surface area contributed by atoms with Crippen molar-refractivity contribution in [3.63, 3.8) is 0 Å². The van der Waals surface area contributed by atoms with Gasteiger partial charge in [-0.2, -0.15) is 0 Å². The van der Waals surface area contributed by atoms with Crippen molar-refractivity contribution in [2.75, 3.05) is 5.32 Å². The summed E-state index contributed by atoms with van der Waals surface area (Å²) in [5.74, 6) is 1.20. The molecule has 4 aromatic rings. The molecule has 168 valence electrons. The van der Waals surface area contributed by atoms with Crippen molar-refractivity contribution < 1.29 is 0 Å². The Morgan fingerprint density at radius 3 is 2.81 bits per heavy atom. The second-order valence-corrected chi connectivity index (χ2v) is 9.76. The Hall–Kier alpha value is -2.92. The van der Waals surface area contributed by atoms with Crippen molar-refractivity contribution in [3.8, 4) is 0 Å². The standard InChI is InChI=1S/C21H25N7O2S2/c1-5-6-10-28-17-16(18(29)24-20(28)30)27(4)15(23-17)11-31-21-26-25-19(32-21)22-14-9-7-8-12(2)13(14)3/h7-9H,5-6,10-11H2,1-4H3,(H,22,25)(H,24,29,30). The topological polar surface area (TPSA) is 110 Å². The lowest BCUT2D eigenvalue weighted by atomic mass is 10.1. The summed E-state index contributed by atoms with van der Waals surface area (Å²) in [5.41, 5.74) is 3.40. The van der Waals surface area contributed by atoms with Crippen LogP contribution in [-0.4, -0.2) is 29.3 Å². The maximum atomic E-state index is 12.4. The average molecular weight is 472 g/mol. The number of nitrogens with zero attached hydrogens (tertiary/aromatic N) is 5. The number of unbranched alkanes of at least 4 members (excludes halogenated alkanes) is 1. The summed E-state index contributed by atoms with van der Waals surface area (Å²) in [6, 6.07) is 6.10. The number of H-pyrrole nitrogens is 1. The summed E-state index contributed by atoms with van der Waals surface area (Å²) in [6.45, 7) is 6.73. The Bertz CT molecular complexity index is 1380. The van der Waals surface area contributed by atoms with Gasteiger partial charge in [0.1, 0.15) is 5.82 Å². The van der Waals surface area contributed by atoms with Crippen LogP contribution in [0.3, 0.4) is 0 Å². The second-order valence-electron chi connectivity index (χ2n) is 7.56. The van der Waals surface area contributed by atoms with Gasteiger partial charge in [0.25, 0.3) is 5.56 Å². The van der Waals surface area contributed by atoms with Crippen LogP contribution in [0.2, 0.25) is 0 Å². The van der Waals surface area contributed by atoms with Crippen molar-refractivity contribution in [2.45, 2.75) is 50.3 Å². The first-order valence-corrected chi connectivity index (χ1v) is 12.2. The molecule has 3 aromatic heterocycles. The van der Waals surface area contributed by atoms with Gasteiger partial charge < -0.3 is 9.88 Å². The molecule has 0 unspecified atom stereocenters. The Labute approximate surface area is 192 Å². The Morgan fingerprint density at radius 2 is 2.03 bits per heavy atom. The number of benzene rings is 1. The van der Waals surface area contributed by atoms with Gasteiger partial charge in [-0.25, -0.2) is 9.78 Å². The van der Waals surface area contributed by atoms with Crippen LogP contribution in [0.5, 0.6) is 0 Å². The van der Waals surface area contributed by atoms with E-state index >= 15 is 0 Å². The SMILES string of the molecule is CCCCn1c(=O)[nH]c(=O)c2c1nc(CSc1nnc(Nc3cccc(C)c3C)s1)n2C. The molecule has 0 radical (unpaired) electrons. The van der Waals surface area contributed by atoms with Crippen LogP contribution in [0.15, 0.2) is 32.1 Å². The van der Waals surface area contributed by atoms with E-state index in [1.807, 2.05) is 12.1 Å². The van der Waals surface area contributed by atoms with E-state index in [1.165, 1.54) is 34.2 Å². The van der Waals surface area contributed by atoms with E-state index in [0.29, 0.717) is 29.3 Å². The number of fused-ring (bicyclic) bond motifs is 1. The molecular formula is C21H25N7O2S2. The molecule has 11 heteroatoms. The van der Waals surface area contributed by atoms with Gasteiger partial charge in [-0.3, -0.25) is 14.3 Å². The predicted octanol–water partition coefficient (Wildman–Crippen LogP) is 3.73. The molecule has 0 saturated heterocycles. The van der Waals surface area contributed by atoms with Gasteiger partial charge in [0, 0.05) is 19.3 Å². The molecule has 3 heterocycles. The smallest absolute Gasteiger partial charge is 0.330 e. The molecule has 0 saturated carbocycles. The molecule has 32 heavy (non-hydrogen) atoms. The third kappa shape index (κ3) is 4.35. The molecular weight excluding hydrogens is 446 g/mol. The van der Waals surface area contributed by atoms with Crippen LogP contribution in [0.1, 0.15) is 36.7 Å². The lowest BCUT2D eigenvalue weighted by Crippen LogP contribution is -2.31. The molecule has 0 bridgehead atoms. The molecule has 0 atom stereocenters. The van der Waals surface area contributed by atoms with Crippen LogP contribution in [0.4, 0.5) is 10.8 Å². The normalized spacial score (nSPS) is 11.4. The molecule has 0 aliphatic rings. The fourth-order valence-electron chi connectivity index (χ4n) is 3.39. The van der Waals surface area contributed by atoms with Crippen molar-refractivity contribution in [1.82, 2.24) is 29.3 Å². The summed E-state index contributed by atoms with van der Waals surface area (Å²) in [5, 5.41) is 12.6. The minimum atomic E-state index is -0.417. The van der Waals surface area contributed by atoms with Crippen molar-refractivity contribution in [3.05, 3.63) is 56.0 Å². The second kappa shape index (κ2) is 9.29. The first-order valence-electron chi connectivity index (χ1n) is 10.4. The fourth-order valence-corrected chi connectivity index (χ4v) is 5.14. The number of imidazole rings is 1. The van der Waals surface area contributed by atoms with Gasteiger partial charge in [0.2, 0.25) is 5.13 Å². The zero-order valence-corrected chi connectivity index (χ0v) is 20.1. The third-order valence-corrected chi connectivity index (χ3v) is 7.39. The first-order chi connectivity index (χ1) is 15.4. The van der Waals surface area contributed by atoms with Crippen molar-refractivity contribution >= 4 is 45.1 Å². The Kier molecular flexibility index (Phi) is 6.47.